The van der Waals surface area contributed by atoms with Crippen LogP contribution in [0.5, 0.6) is 0 Å². The van der Waals surface area contributed by atoms with E-state index in [2.05, 4.69) is 9.97 Å². The van der Waals surface area contributed by atoms with Gasteiger partial charge in [-0.15, -0.1) is 0 Å². The molecule has 3 heterocycles. The van der Waals surface area contributed by atoms with E-state index in [0.717, 1.165) is 50.1 Å². The van der Waals surface area contributed by atoms with Crippen LogP contribution in [0.4, 0.5) is 0 Å². The molecule has 5 rings (SSSR count). The number of aromatic amines is 1. The molecular weight excluding hydrogens is 340 g/mol. The van der Waals surface area contributed by atoms with E-state index in [1.54, 1.807) is 6.20 Å². The number of hydrogen-bond donors (Lipinski definition) is 1. The number of benzene rings is 1. The van der Waals surface area contributed by atoms with Gasteiger partial charge in [-0.25, -0.2) is 4.98 Å². The predicted octanol–water partition coefficient (Wildman–Crippen LogP) is 3.46. The van der Waals surface area contributed by atoms with Crippen LogP contribution >= 0.6 is 0 Å². The van der Waals surface area contributed by atoms with Gasteiger partial charge in [-0.2, -0.15) is 0 Å². The summed E-state index contributed by atoms with van der Waals surface area (Å²) in [5.74, 6) is 1.44. The summed E-state index contributed by atoms with van der Waals surface area (Å²) in [5.41, 5.74) is 2.69. The number of rotatable bonds is 2. The van der Waals surface area contributed by atoms with Crippen molar-refractivity contribution in [3.8, 4) is 0 Å². The monoisotopic (exact) mass is 364 g/mol. The van der Waals surface area contributed by atoms with Crippen LogP contribution in [0, 0.1) is 0 Å². The van der Waals surface area contributed by atoms with E-state index in [4.69, 9.17) is 0 Å². The fourth-order valence-electron chi connectivity index (χ4n) is 4.68. The zero-order valence-electron chi connectivity index (χ0n) is 15.4. The SMILES string of the molecule is O=C(c1ccc2c(c1)[nH]c(=O)c1cnc(C3CCCCC3)n12)N1CCCC1. The standard InChI is InChI=1S/C21H24N4O2/c26-20-18-13-22-19(14-6-2-1-3-7-14)25(18)17-9-8-15(12-16(17)23-20)21(27)24-10-4-5-11-24/h8-9,12-14H,1-7,10-11H2,(H,23,26). The van der Waals surface area contributed by atoms with Crippen molar-refractivity contribution in [1.29, 1.82) is 0 Å². The molecule has 1 aliphatic carbocycles. The maximum atomic E-state index is 12.7. The number of likely N-dealkylation sites (tertiary alicyclic amines) is 1. The van der Waals surface area contributed by atoms with Crippen LogP contribution in [0.1, 0.15) is 67.0 Å². The number of carbonyl (C=O) groups excluding carboxylic acids is 1. The lowest BCUT2D eigenvalue weighted by atomic mass is 9.89. The second kappa shape index (κ2) is 6.51. The number of hydrogen-bond acceptors (Lipinski definition) is 3. The van der Waals surface area contributed by atoms with Gasteiger partial charge in [0.1, 0.15) is 11.3 Å². The smallest absolute Gasteiger partial charge is 0.274 e. The summed E-state index contributed by atoms with van der Waals surface area (Å²) in [6.45, 7) is 1.64. The number of nitrogens with one attached hydrogen (secondary N) is 1. The molecule has 0 unspecified atom stereocenters. The Balaban J connectivity index is 1.64. The normalized spacial score (nSPS) is 18.6. The lowest BCUT2D eigenvalue weighted by Gasteiger charge is -2.21. The molecular formula is C21H24N4O2. The quantitative estimate of drug-likeness (QED) is 0.757. The molecule has 6 heteroatoms. The third kappa shape index (κ3) is 2.74. The van der Waals surface area contributed by atoms with Crippen molar-refractivity contribution in [3.05, 3.63) is 46.1 Å². The third-order valence-corrected chi connectivity index (χ3v) is 6.12. The first-order valence-corrected chi connectivity index (χ1v) is 10.0. The first-order chi connectivity index (χ1) is 13.2. The highest BCUT2D eigenvalue weighted by Gasteiger charge is 2.23. The third-order valence-electron chi connectivity index (χ3n) is 6.12. The lowest BCUT2D eigenvalue weighted by molar-refractivity contribution is 0.0793. The zero-order valence-corrected chi connectivity index (χ0v) is 15.4. The second-order valence-electron chi connectivity index (χ2n) is 7.86. The highest BCUT2D eigenvalue weighted by atomic mass is 16.2. The number of amides is 1. The highest BCUT2D eigenvalue weighted by Crippen LogP contribution is 2.33. The van der Waals surface area contributed by atoms with Crippen LogP contribution in [0.15, 0.2) is 29.2 Å². The fraction of sp³-hybridized carbons (Fsp3) is 0.476. The minimum Gasteiger partial charge on any atom is -0.339 e. The molecule has 0 spiro atoms. The van der Waals surface area contributed by atoms with E-state index < -0.39 is 0 Å². The minimum absolute atomic E-state index is 0.0495. The van der Waals surface area contributed by atoms with Gasteiger partial charge in [-0.1, -0.05) is 19.3 Å². The van der Waals surface area contributed by atoms with Crippen molar-refractivity contribution in [3.63, 3.8) is 0 Å². The molecule has 3 aromatic rings. The molecule has 1 saturated heterocycles. The van der Waals surface area contributed by atoms with E-state index in [1.807, 2.05) is 27.5 Å². The van der Waals surface area contributed by atoms with E-state index in [-0.39, 0.29) is 11.5 Å². The average molecular weight is 364 g/mol. The summed E-state index contributed by atoms with van der Waals surface area (Å²) in [4.78, 5) is 34.8. The van der Waals surface area contributed by atoms with Crippen molar-refractivity contribution < 1.29 is 4.79 Å². The van der Waals surface area contributed by atoms with Crippen LogP contribution in [-0.2, 0) is 0 Å². The summed E-state index contributed by atoms with van der Waals surface area (Å²) in [5, 5.41) is 0. The molecule has 2 fully saturated rings. The molecule has 1 amide bonds. The van der Waals surface area contributed by atoms with Gasteiger partial charge in [0.2, 0.25) is 0 Å². The Bertz CT molecular complexity index is 1070. The van der Waals surface area contributed by atoms with Crippen LogP contribution < -0.4 is 5.56 Å². The Kier molecular flexibility index (Phi) is 3.99. The molecule has 0 atom stereocenters. The van der Waals surface area contributed by atoms with Crippen LogP contribution in [0.25, 0.3) is 16.6 Å². The second-order valence-corrected chi connectivity index (χ2v) is 7.86. The van der Waals surface area contributed by atoms with Crippen molar-refractivity contribution >= 4 is 22.5 Å². The van der Waals surface area contributed by atoms with Crippen LogP contribution in [-0.4, -0.2) is 38.3 Å². The van der Waals surface area contributed by atoms with Gasteiger partial charge in [0.15, 0.2) is 0 Å². The summed E-state index contributed by atoms with van der Waals surface area (Å²) < 4.78 is 2.01. The van der Waals surface area contributed by atoms with Crippen LogP contribution in [0.2, 0.25) is 0 Å². The lowest BCUT2D eigenvalue weighted by Crippen LogP contribution is -2.27. The van der Waals surface area contributed by atoms with Gasteiger partial charge < -0.3 is 9.88 Å². The predicted molar refractivity (Wildman–Crippen MR) is 104 cm³/mol. The number of aromatic nitrogens is 3. The summed E-state index contributed by atoms with van der Waals surface area (Å²) in [7, 11) is 0. The van der Waals surface area contributed by atoms with E-state index in [1.165, 1.54) is 19.3 Å². The summed E-state index contributed by atoms with van der Waals surface area (Å²) in [6.07, 6.45) is 9.78. The van der Waals surface area contributed by atoms with Crippen molar-refractivity contribution in [1.82, 2.24) is 19.3 Å². The molecule has 0 bridgehead atoms. The Hall–Kier alpha value is -2.63. The van der Waals surface area contributed by atoms with Crippen molar-refractivity contribution in [2.45, 2.75) is 50.9 Å². The molecule has 140 valence electrons. The van der Waals surface area contributed by atoms with E-state index >= 15 is 0 Å². The van der Waals surface area contributed by atoms with Gasteiger partial charge >= 0.3 is 0 Å². The van der Waals surface area contributed by atoms with Gasteiger partial charge in [0, 0.05) is 24.6 Å². The largest absolute Gasteiger partial charge is 0.339 e. The van der Waals surface area contributed by atoms with E-state index in [0.29, 0.717) is 22.5 Å². The summed E-state index contributed by atoms with van der Waals surface area (Å²) >= 11 is 0. The molecule has 1 aliphatic heterocycles. The molecule has 1 aromatic carbocycles. The molecule has 2 aliphatic rings. The Morgan fingerprint density at radius 1 is 1.04 bits per heavy atom. The first kappa shape index (κ1) is 16.5. The van der Waals surface area contributed by atoms with Crippen molar-refractivity contribution in [2.24, 2.45) is 0 Å². The Morgan fingerprint density at radius 2 is 1.81 bits per heavy atom. The Labute approximate surface area is 157 Å². The van der Waals surface area contributed by atoms with Crippen LogP contribution in [0.3, 0.4) is 0 Å². The number of nitrogens with zero attached hydrogens (tertiary/aromatic N) is 3. The fourth-order valence-corrected chi connectivity index (χ4v) is 4.68. The van der Waals surface area contributed by atoms with Gasteiger partial charge in [0.05, 0.1) is 17.2 Å². The Morgan fingerprint density at radius 3 is 2.59 bits per heavy atom. The number of carbonyl (C=O) groups is 1. The molecule has 6 nitrogen and oxygen atoms in total. The molecule has 27 heavy (non-hydrogen) atoms. The van der Waals surface area contributed by atoms with Gasteiger partial charge in [-0.05, 0) is 43.9 Å². The number of imidazole rings is 1. The maximum absolute atomic E-state index is 12.7. The molecule has 2 aromatic heterocycles. The topological polar surface area (TPSA) is 70.5 Å². The van der Waals surface area contributed by atoms with Gasteiger partial charge in [0.25, 0.3) is 11.5 Å². The van der Waals surface area contributed by atoms with E-state index in [9.17, 15) is 9.59 Å². The molecule has 0 radical (unpaired) electrons. The van der Waals surface area contributed by atoms with Crippen molar-refractivity contribution in [2.75, 3.05) is 13.1 Å². The average Bonchev–Trinajstić information content (AvgIpc) is 3.38. The van der Waals surface area contributed by atoms with Gasteiger partial charge in [-0.3, -0.25) is 14.0 Å². The minimum atomic E-state index is -0.150. The highest BCUT2D eigenvalue weighted by molar-refractivity contribution is 5.97. The number of H-pyrrole nitrogens is 1. The zero-order chi connectivity index (χ0) is 18.4. The molecule has 1 saturated carbocycles. The first-order valence-electron chi connectivity index (χ1n) is 10.0. The number of fused-ring (bicyclic) bond motifs is 3. The summed E-state index contributed by atoms with van der Waals surface area (Å²) in [6, 6.07) is 5.66. The molecule has 1 N–H and O–H groups in total. The maximum Gasteiger partial charge on any atom is 0.274 e.